The fraction of sp³-hybridized carbons (Fsp3) is 0.586. The summed E-state index contributed by atoms with van der Waals surface area (Å²) >= 11 is 0. The van der Waals surface area contributed by atoms with E-state index in [1.54, 1.807) is 0 Å². The normalized spacial score (nSPS) is 34.1. The van der Waals surface area contributed by atoms with Gasteiger partial charge in [-0.1, -0.05) is 43.9 Å². The van der Waals surface area contributed by atoms with Gasteiger partial charge in [0.05, 0.1) is 6.10 Å². The number of rotatable bonds is 8. The Hall–Kier alpha value is -1.84. The molecule has 6 atom stereocenters. The molecule has 174 valence electrons. The molecule has 3 aliphatic rings. The van der Waals surface area contributed by atoms with E-state index in [0.717, 1.165) is 43.4 Å². The average molecular weight is 437 g/mol. The van der Waals surface area contributed by atoms with Gasteiger partial charge in [-0.15, -0.1) is 0 Å². The van der Waals surface area contributed by atoms with Crippen molar-refractivity contribution in [3.63, 3.8) is 0 Å². The Kier molecular flexibility index (Phi) is 7.27. The van der Waals surface area contributed by atoms with E-state index in [0.29, 0.717) is 30.3 Å². The van der Waals surface area contributed by atoms with Gasteiger partial charge >= 0.3 is 0 Å². The molecule has 0 aromatic heterocycles. The summed E-state index contributed by atoms with van der Waals surface area (Å²) in [4.78, 5) is 0. The molecular weight excluding hydrogens is 396 g/mol. The number of allylic oxidation sites excluding steroid dienone is 3. The molecule has 3 nitrogen and oxygen atoms in total. The van der Waals surface area contributed by atoms with Crippen LogP contribution in [0.1, 0.15) is 69.4 Å². The van der Waals surface area contributed by atoms with Crippen LogP contribution in [0.15, 0.2) is 54.7 Å². The summed E-state index contributed by atoms with van der Waals surface area (Å²) in [5.41, 5.74) is 4.06. The van der Waals surface area contributed by atoms with Gasteiger partial charge < -0.3 is 14.9 Å². The van der Waals surface area contributed by atoms with Gasteiger partial charge in [0, 0.05) is 6.61 Å². The van der Waals surface area contributed by atoms with Crippen molar-refractivity contribution in [2.45, 2.75) is 70.8 Å². The highest BCUT2D eigenvalue weighted by Gasteiger charge is 2.58. The van der Waals surface area contributed by atoms with Crippen molar-refractivity contribution in [2.24, 2.45) is 23.2 Å². The number of benzene rings is 1. The Labute approximate surface area is 193 Å². The van der Waals surface area contributed by atoms with E-state index >= 15 is 0 Å². The van der Waals surface area contributed by atoms with Gasteiger partial charge in [-0.25, -0.2) is 0 Å². The summed E-state index contributed by atoms with van der Waals surface area (Å²) < 4.78 is 6.09. The molecule has 0 amide bonds. The fourth-order valence-corrected chi connectivity index (χ4v) is 7.12. The summed E-state index contributed by atoms with van der Waals surface area (Å²) in [5, 5.41) is 20.3. The topological polar surface area (TPSA) is 49.7 Å². The first-order valence-corrected chi connectivity index (χ1v) is 12.5. The van der Waals surface area contributed by atoms with Crippen molar-refractivity contribution >= 4 is 0 Å². The van der Waals surface area contributed by atoms with Crippen molar-refractivity contribution in [3.8, 4) is 5.75 Å². The van der Waals surface area contributed by atoms with Crippen LogP contribution in [0.3, 0.4) is 0 Å². The Bertz CT molecular complexity index is 869. The number of fused-ring (bicyclic) bond motifs is 5. The second-order valence-corrected chi connectivity index (χ2v) is 10.4. The quantitative estimate of drug-likeness (QED) is 0.494. The molecule has 1 aromatic carbocycles. The van der Waals surface area contributed by atoms with Gasteiger partial charge in [0.15, 0.2) is 0 Å². The average Bonchev–Trinajstić information content (AvgIpc) is 3.07. The molecule has 32 heavy (non-hydrogen) atoms. The summed E-state index contributed by atoms with van der Waals surface area (Å²) in [5.74, 6) is 3.28. The molecule has 0 aliphatic heterocycles. The molecule has 4 rings (SSSR count). The third-order valence-electron chi connectivity index (χ3n) is 8.69. The maximum Gasteiger partial charge on any atom is 0.120 e. The molecule has 3 aliphatic carbocycles. The predicted molar refractivity (Wildman–Crippen MR) is 131 cm³/mol. The highest BCUT2D eigenvalue weighted by atomic mass is 16.5. The highest BCUT2D eigenvalue weighted by molar-refractivity contribution is 5.41. The van der Waals surface area contributed by atoms with E-state index in [-0.39, 0.29) is 18.1 Å². The first-order valence-electron chi connectivity index (χ1n) is 12.5. The van der Waals surface area contributed by atoms with Crippen molar-refractivity contribution in [1.29, 1.82) is 0 Å². The summed E-state index contributed by atoms with van der Waals surface area (Å²) in [6.07, 6.45) is 15.1. The van der Waals surface area contributed by atoms with Crippen LogP contribution in [-0.4, -0.2) is 29.5 Å². The molecule has 2 N–H and O–H groups in total. The third kappa shape index (κ3) is 4.34. The van der Waals surface area contributed by atoms with Crippen LogP contribution in [0, 0.1) is 23.2 Å². The number of aryl methyl sites for hydroxylation is 1. The smallest absolute Gasteiger partial charge is 0.120 e. The summed E-state index contributed by atoms with van der Waals surface area (Å²) in [7, 11) is 0. The molecule has 2 fully saturated rings. The summed E-state index contributed by atoms with van der Waals surface area (Å²) in [6, 6.07) is 6.70. The van der Waals surface area contributed by atoms with Crippen LogP contribution >= 0.6 is 0 Å². The molecule has 3 heteroatoms. The van der Waals surface area contributed by atoms with Gasteiger partial charge in [-0.2, -0.15) is 0 Å². The second-order valence-electron chi connectivity index (χ2n) is 10.4. The minimum atomic E-state index is -0.191. The largest absolute Gasteiger partial charge is 0.489 e. The molecule has 0 saturated heterocycles. The maximum absolute atomic E-state index is 11.0. The maximum atomic E-state index is 11.0. The molecule has 0 heterocycles. The van der Waals surface area contributed by atoms with Crippen molar-refractivity contribution < 1.29 is 14.9 Å². The van der Waals surface area contributed by atoms with E-state index < -0.39 is 0 Å². The lowest BCUT2D eigenvalue weighted by Gasteiger charge is -2.51. The predicted octanol–water partition coefficient (Wildman–Crippen LogP) is 5.97. The van der Waals surface area contributed by atoms with E-state index in [2.05, 4.69) is 31.7 Å². The lowest BCUT2D eigenvalue weighted by atomic mass is 9.54. The van der Waals surface area contributed by atoms with Crippen LogP contribution in [0.5, 0.6) is 5.75 Å². The van der Waals surface area contributed by atoms with E-state index in [9.17, 15) is 10.2 Å². The van der Waals surface area contributed by atoms with Crippen molar-refractivity contribution in [1.82, 2.24) is 0 Å². The first kappa shape index (κ1) is 23.3. The zero-order valence-corrected chi connectivity index (χ0v) is 19.8. The van der Waals surface area contributed by atoms with Crippen molar-refractivity contribution in [3.05, 3.63) is 65.8 Å². The monoisotopic (exact) mass is 436 g/mol. The van der Waals surface area contributed by atoms with Crippen LogP contribution in [0.2, 0.25) is 0 Å². The minimum Gasteiger partial charge on any atom is -0.489 e. The highest BCUT2D eigenvalue weighted by Crippen LogP contribution is 2.63. The Morgan fingerprint density at radius 1 is 1.31 bits per heavy atom. The Morgan fingerprint density at radius 3 is 2.91 bits per heavy atom. The fourth-order valence-electron chi connectivity index (χ4n) is 7.12. The van der Waals surface area contributed by atoms with Crippen LogP contribution in [-0.2, 0) is 6.42 Å². The number of aliphatic hydroxyl groups is 2. The Balaban J connectivity index is 1.52. The molecule has 0 bridgehead atoms. The van der Waals surface area contributed by atoms with Gasteiger partial charge in [0.25, 0.3) is 0 Å². The van der Waals surface area contributed by atoms with Gasteiger partial charge in [-0.3, -0.25) is 0 Å². The minimum absolute atomic E-state index is 0.0439. The standard InChI is InChI=1S/C29H40O3/c1-4-6-8-20(5-2)19-32-23-11-13-24-21(17-23)10-12-26-25(24)14-15-29(3)27(31)18-22(28(26)29)9-7-16-30/h4-6,8,11,13,17,22,25-28,30-31H,2,7,9-10,12,14-16,18-19H2,1,3H3/b6-4-,20-8+. The molecule has 6 unspecified atom stereocenters. The Morgan fingerprint density at radius 2 is 2.16 bits per heavy atom. The van der Waals surface area contributed by atoms with Crippen LogP contribution < -0.4 is 4.74 Å². The van der Waals surface area contributed by atoms with E-state index in [1.807, 2.05) is 31.2 Å². The lowest BCUT2D eigenvalue weighted by molar-refractivity contribution is -0.0307. The number of hydrogen-bond donors (Lipinski definition) is 2. The third-order valence-corrected chi connectivity index (χ3v) is 8.69. The molecule has 2 saturated carbocycles. The molecule has 0 spiro atoms. The zero-order valence-electron chi connectivity index (χ0n) is 19.8. The van der Waals surface area contributed by atoms with Crippen LogP contribution in [0.4, 0.5) is 0 Å². The lowest BCUT2D eigenvalue weighted by Crippen LogP contribution is -2.45. The number of ether oxygens (including phenoxy) is 1. The van der Waals surface area contributed by atoms with E-state index in [4.69, 9.17) is 4.74 Å². The molecular formula is C29H40O3. The van der Waals surface area contributed by atoms with Gasteiger partial charge in [0.1, 0.15) is 12.4 Å². The molecule has 0 radical (unpaired) electrons. The van der Waals surface area contributed by atoms with Gasteiger partial charge in [0.2, 0.25) is 0 Å². The first-order chi connectivity index (χ1) is 15.5. The second kappa shape index (κ2) is 9.97. The number of aliphatic hydroxyl groups excluding tert-OH is 2. The van der Waals surface area contributed by atoms with E-state index in [1.165, 1.54) is 24.0 Å². The SMILES string of the molecule is C=C/C(=C\C=C/C)COc1ccc2c(c1)CCC1C2CCC2(C)C(O)CC(CCCO)C12. The van der Waals surface area contributed by atoms with Gasteiger partial charge in [-0.05, 0) is 110 Å². The van der Waals surface area contributed by atoms with Crippen LogP contribution in [0.25, 0.3) is 0 Å². The number of hydrogen-bond acceptors (Lipinski definition) is 3. The summed E-state index contributed by atoms with van der Waals surface area (Å²) in [6.45, 7) is 9.02. The zero-order chi connectivity index (χ0) is 22.7. The van der Waals surface area contributed by atoms with Crippen molar-refractivity contribution in [2.75, 3.05) is 13.2 Å². The molecule has 1 aromatic rings.